The van der Waals surface area contributed by atoms with Crippen molar-refractivity contribution in [3.63, 3.8) is 0 Å². The largest absolute Gasteiger partial charge is 0.392 e. The SMILES string of the molecule is CC1=C(CO)C=CC=C(N2CCCC2)C1C. The predicted octanol–water partition coefficient (Wildman–Crippen LogP) is 2.48. The Morgan fingerprint density at radius 2 is 2.06 bits per heavy atom. The zero-order valence-corrected chi connectivity index (χ0v) is 10.2. The van der Waals surface area contributed by atoms with Gasteiger partial charge in [0.2, 0.25) is 0 Å². The topological polar surface area (TPSA) is 23.5 Å². The van der Waals surface area contributed by atoms with Crippen LogP contribution in [-0.4, -0.2) is 29.7 Å². The van der Waals surface area contributed by atoms with Gasteiger partial charge in [-0.3, -0.25) is 0 Å². The normalized spacial score (nSPS) is 26.1. The van der Waals surface area contributed by atoms with Gasteiger partial charge < -0.3 is 10.0 Å². The Labute approximate surface area is 98.0 Å². The van der Waals surface area contributed by atoms with E-state index in [1.165, 1.54) is 37.2 Å². The molecule has 88 valence electrons. The maximum atomic E-state index is 9.31. The zero-order chi connectivity index (χ0) is 11.5. The summed E-state index contributed by atoms with van der Waals surface area (Å²) in [7, 11) is 0. The van der Waals surface area contributed by atoms with Gasteiger partial charge in [0.1, 0.15) is 0 Å². The van der Waals surface area contributed by atoms with E-state index < -0.39 is 0 Å². The number of allylic oxidation sites excluding steroid dienone is 3. The van der Waals surface area contributed by atoms with E-state index in [0.717, 1.165) is 5.57 Å². The fraction of sp³-hybridized carbons (Fsp3) is 0.571. The Kier molecular flexibility index (Phi) is 3.49. The van der Waals surface area contributed by atoms with Crippen molar-refractivity contribution in [1.82, 2.24) is 4.90 Å². The Bertz CT molecular complexity index is 346. The first-order valence-corrected chi connectivity index (χ1v) is 6.17. The van der Waals surface area contributed by atoms with Gasteiger partial charge in [0, 0.05) is 24.7 Å². The van der Waals surface area contributed by atoms with Gasteiger partial charge in [-0.1, -0.05) is 24.6 Å². The second-order valence-electron chi connectivity index (χ2n) is 4.73. The lowest BCUT2D eigenvalue weighted by Gasteiger charge is -2.27. The van der Waals surface area contributed by atoms with Crippen molar-refractivity contribution in [3.05, 3.63) is 35.1 Å². The van der Waals surface area contributed by atoms with Gasteiger partial charge in [-0.25, -0.2) is 0 Å². The van der Waals surface area contributed by atoms with E-state index in [1.54, 1.807) is 0 Å². The average Bonchev–Trinajstić information content (AvgIpc) is 2.77. The van der Waals surface area contributed by atoms with Crippen LogP contribution in [0.25, 0.3) is 0 Å². The van der Waals surface area contributed by atoms with E-state index in [2.05, 4.69) is 30.9 Å². The predicted molar refractivity (Wildman–Crippen MR) is 67.0 cm³/mol. The summed E-state index contributed by atoms with van der Waals surface area (Å²) in [5.41, 5.74) is 3.78. The number of rotatable bonds is 2. The molecule has 0 bridgehead atoms. The minimum atomic E-state index is 0.147. The van der Waals surface area contributed by atoms with Crippen LogP contribution in [0.1, 0.15) is 26.7 Å². The fourth-order valence-electron chi connectivity index (χ4n) is 2.57. The molecular weight excluding hydrogens is 198 g/mol. The smallest absolute Gasteiger partial charge is 0.0681 e. The molecule has 16 heavy (non-hydrogen) atoms. The number of hydrogen-bond donors (Lipinski definition) is 1. The summed E-state index contributed by atoms with van der Waals surface area (Å²) in [4.78, 5) is 2.48. The molecule has 0 aromatic heterocycles. The van der Waals surface area contributed by atoms with E-state index >= 15 is 0 Å². The molecule has 2 aliphatic rings. The molecule has 0 amide bonds. The molecule has 1 aliphatic heterocycles. The summed E-state index contributed by atoms with van der Waals surface area (Å²) in [5.74, 6) is 0.426. The second kappa shape index (κ2) is 4.88. The highest BCUT2D eigenvalue weighted by Crippen LogP contribution is 2.30. The number of nitrogens with zero attached hydrogens (tertiary/aromatic N) is 1. The minimum absolute atomic E-state index is 0.147. The molecule has 2 nitrogen and oxygen atoms in total. The van der Waals surface area contributed by atoms with Gasteiger partial charge in [0.15, 0.2) is 0 Å². The Balaban J connectivity index is 2.25. The van der Waals surface area contributed by atoms with Gasteiger partial charge in [0.25, 0.3) is 0 Å². The van der Waals surface area contributed by atoms with Crippen LogP contribution >= 0.6 is 0 Å². The molecule has 1 N–H and O–H groups in total. The summed E-state index contributed by atoms with van der Waals surface area (Å²) in [5, 5.41) is 9.31. The van der Waals surface area contributed by atoms with Crippen molar-refractivity contribution in [3.8, 4) is 0 Å². The summed E-state index contributed by atoms with van der Waals surface area (Å²) in [6.45, 7) is 6.89. The molecule has 1 heterocycles. The monoisotopic (exact) mass is 219 g/mol. The van der Waals surface area contributed by atoms with Gasteiger partial charge in [0.05, 0.1) is 6.61 Å². The number of hydrogen-bond acceptors (Lipinski definition) is 2. The van der Waals surface area contributed by atoms with Crippen LogP contribution in [0.15, 0.2) is 35.1 Å². The number of aliphatic hydroxyl groups is 1. The summed E-state index contributed by atoms with van der Waals surface area (Å²) >= 11 is 0. The third kappa shape index (κ3) is 2.07. The molecule has 0 spiro atoms. The number of likely N-dealkylation sites (tertiary alicyclic amines) is 1. The van der Waals surface area contributed by atoms with Crippen molar-refractivity contribution in [2.45, 2.75) is 26.7 Å². The van der Waals surface area contributed by atoms with Crippen molar-refractivity contribution >= 4 is 0 Å². The first-order valence-electron chi connectivity index (χ1n) is 6.17. The fourth-order valence-corrected chi connectivity index (χ4v) is 2.57. The first-order chi connectivity index (χ1) is 7.74. The van der Waals surface area contributed by atoms with E-state index in [1.807, 2.05) is 6.08 Å². The van der Waals surface area contributed by atoms with Crippen LogP contribution in [0.4, 0.5) is 0 Å². The lowest BCUT2D eigenvalue weighted by molar-refractivity contribution is 0.331. The highest BCUT2D eigenvalue weighted by Gasteiger charge is 2.22. The molecule has 0 saturated carbocycles. The van der Waals surface area contributed by atoms with Crippen molar-refractivity contribution in [1.29, 1.82) is 0 Å². The van der Waals surface area contributed by atoms with Crippen LogP contribution in [0.3, 0.4) is 0 Å². The second-order valence-corrected chi connectivity index (χ2v) is 4.73. The molecule has 1 fully saturated rings. The van der Waals surface area contributed by atoms with Gasteiger partial charge >= 0.3 is 0 Å². The van der Waals surface area contributed by atoms with E-state index in [9.17, 15) is 5.11 Å². The minimum Gasteiger partial charge on any atom is -0.392 e. The van der Waals surface area contributed by atoms with Crippen LogP contribution in [-0.2, 0) is 0 Å². The third-order valence-corrected chi connectivity index (χ3v) is 3.81. The van der Waals surface area contributed by atoms with Gasteiger partial charge in [-0.05, 0) is 31.4 Å². The van der Waals surface area contributed by atoms with Crippen LogP contribution in [0.5, 0.6) is 0 Å². The maximum Gasteiger partial charge on any atom is 0.0681 e. The highest BCUT2D eigenvalue weighted by atomic mass is 16.3. The molecular formula is C14H21NO. The summed E-state index contributed by atoms with van der Waals surface area (Å²) in [6, 6.07) is 0. The van der Waals surface area contributed by atoms with E-state index in [-0.39, 0.29) is 6.61 Å². The molecule has 0 aromatic carbocycles. The van der Waals surface area contributed by atoms with Crippen molar-refractivity contribution < 1.29 is 5.11 Å². The molecule has 1 unspecified atom stereocenters. The van der Waals surface area contributed by atoms with Gasteiger partial charge in [-0.15, -0.1) is 0 Å². The van der Waals surface area contributed by atoms with Crippen LogP contribution in [0.2, 0.25) is 0 Å². The lowest BCUT2D eigenvalue weighted by atomic mass is 9.95. The van der Waals surface area contributed by atoms with E-state index in [0.29, 0.717) is 5.92 Å². The van der Waals surface area contributed by atoms with Gasteiger partial charge in [-0.2, -0.15) is 0 Å². The molecule has 2 heteroatoms. The molecule has 1 saturated heterocycles. The Hall–Kier alpha value is -1.02. The average molecular weight is 219 g/mol. The first kappa shape index (κ1) is 11.5. The lowest BCUT2D eigenvalue weighted by Crippen LogP contribution is -2.23. The van der Waals surface area contributed by atoms with Crippen LogP contribution in [0, 0.1) is 5.92 Å². The Morgan fingerprint density at radius 3 is 2.69 bits per heavy atom. The van der Waals surface area contributed by atoms with Crippen LogP contribution < -0.4 is 0 Å². The maximum absolute atomic E-state index is 9.31. The van der Waals surface area contributed by atoms with Crippen molar-refractivity contribution in [2.24, 2.45) is 5.92 Å². The molecule has 0 radical (unpaired) electrons. The molecule has 0 aromatic rings. The molecule has 2 rings (SSSR count). The van der Waals surface area contributed by atoms with E-state index in [4.69, 9.17) is 0 Å². The standard InChI is InChI=1S/C14H21NO/c1-11-12(2)14(15-8-3-4-9-15)7-5-6-13(11)10-16/h5-7,12,16H,3-4,8-10H2,1-2H3. The molecule has 1 aliphatic carbocycles. The highest BCUT2D eigenvalue weighted by molar-refractivity contribution is 5.37. The van der Waals surface area contributed by atoms with Crippen molar-refractivity contribution in [2.75, 3.05) is 19.7 Å². The number of aliphatic hydroxyl groups excluding tert-OH is 1. The quantitative estimate of drug-likeness (QED) is 0.771. The summed E-state index contributed by atoms with van der Waals surface area (Å²) < 4.78 is 0. The Morgan fingerprint density at radius 1 is 1.38 bits per heavy atom. The molecule has 1 atom stereocenters. The zero-order valence-electron chi connectivity index (χ0n) is 10.2. The summed E-state index contributed by atoms with van der Waals surface area (Å²) in [6.07, 6.45) is 8.94. The third-order valence-electron chi connectivity index (χ3n) is 3.81.